The number of amides is 1. The molecule has 0 aliphatic rings. The number of aliphatic hydroxyl groups is 1. The highest BCUT2D eigenvalue weighted by Gasteiger charge is 2.10. The van der Waals surface area contributed by atoms with E-state index in [1.165, 1.54) is 0 Å². The normalized spacial score (nSPS) is 12.0. The van der Waals surface area contributed by atoms with Crippen LogP contribution in [0.2, 0.25) is 0 Å². The number of nitrogens with one attached hydrogen (secondary N) is 1. The third-order valence-corrected chi connectivity index (χ3v) is 2.88. The fraction of sp³-hybridized carbons (Fsp3) is 0.462. The van der Waals surface area contributed by atoms with Crippen LogP contribution in [0.1, 0.15) is 31.9 Å². The minimum atomic E-state index is -0.609. The Morgan fingerprint density at radius 2 is 2.28 bits per heavy atom. The lowest BCUT2D eigenvalue weighted by Gasteiger charge is -2.13. The predicted molar refractivity (Wildman–Crippen MR) is 73.6 cm³/mol. The van der Waals surface area contributed by atoms with E-state index in [0.717, 1.165) is 4.47 Å². The van der Waals surface area contributed by atoms with E-state index in [1.807, 2.05) is 19.1 Å². The number of carbonyl (C=O) groups is 1. The lowest BCUT2D eigenvalue weighted by Crippen LogP contribution is -2.24. The standard InChI is InChI=1S/C13H18BrNO3/c1-3-15-13(17)6-7-18-12-5-4-10(14)8-11(12)9(2)16/h4-5,8-9,16H,3,6-7H2,1-2H3,(H,15,17). The second kappa shape index (κ2) is 7.38. The first kappa shape index (κ1) is 15.0. The highest BCUT2D eigenvalue weighted by atomic mass is 79.9. The van der Waals surface area contributed by atoms with Gasteiger partial charge in [-0.3, -0.25) is 4.79 Å². The molecule has 1 atom stereocenters. The van der Waals surface area contributed by atoms with Crippen molar-refractivity contribution in [1.82, 2.24) is 5.32 Å². The molecule has 0 spiro atoms. The zero-order valence-electron chi connectivity index (χ0n) is 10.6. The second-order valence-electron chi connectivity index (χ2n) is 3.91. The molecule has 0 aliphatic carbocycles. The van der Waals surface area contributed by atoms with Crippen molar-refractivity contribution in [3.63, 3.8) is 0 Å². The summed E-state index contributed by atoms with van der Waals surface area (Å²) in [6.07, 6.45) is -0.301. The number of rotatable bonds is 6. The second-order valence-corrected chi connectivity index (χ2v) is 4.83. The Labute approximate surface area is 115 Å². The molecule has 1 aromatic carbocycles. The van der Waals surface area contributed by atoms with Gasteiger partial charge in [-0.15, -0.1) is 0 Å². The van der Waals surface area contributed by atoms with Gasteiger partial charge in [0, 0.05) is 16.6 Å². The molecule has 0 aliphatic heterocycles. The Morgan fingerprint density at radius 1 is 1.56 bits per heavy atom. The number of hydrogen-bond acceptors (Lipinski definition) is 3. The van der Waals surface area contributed by atoms with Crippen LogP contribution in [0.5, 0.6) is 5.75 Å². The molecule has 1 unspecified atom stereocenters. The van der Waals surface area contributed by atoms with Gasteiger partial charge < -0.3 is 15.2 Å². The van der Waals surface area contributed by atoms with Gasteiger partial charge in [0.05, 0.1) is 19.1 Å². The van der Waals surface area contributed by atoms with E-state index in [-0.39, 0.29) is 5.91 Å². The molecule has 100 valence electrons. The van der Waals surface area contributed by atoms with Crippen LogP contribution in [0.15, 0.2) is 22.7 Å². The maximum Gasteiger partial charge on any atom is 0.223 e. The molecule has 0 saturated heterocycles. The van der Waals surface area contributed by atoms with Crippen LogP contribution in [0, 0.1) is 0 Å². The monoisotopic (exact) mass is 315 g/mol. The first-order valence-electron chi connectivity index (χ1n) is 5.91. The van der Waals surface area contributed by atoms with Gasteiger partial charge in [0.25, 0.3) is 0 Å². The summed E-state index contributed by atoms with van der Waals surface area (Å²) in [5.41, 5.74) is 0.709. The van der Waals surface area contributed by atoms with Gasteiger partial charge >= 0.3 is 0 Å². The number of carbonyl (C=O) groups excluding carboxylic acids is 1. The van der Waals surface area contributed by atoms with Gasteiger partial charge in [0.2, 0.25) is 5.91 Å². The van der Waals surface area contributed by atoms with Crippen molar-refractivity contribution in [3.05, 3.63) is 28.2 Å². The van der Waals surface area contributed by atoms with E-state index in [2.05, 4.69) is 21.2 Å². The molecular formula is C13H18BrNO3. The summed E-state index contributed by atoms with van der Waals surface area (Å²) in [5, 5.41) is 12.3. The largest absolute Gasteiger partial charge is 0.493 e. The molecular weight excluding hydrogens is 298 g/mol. The molecule has 0 aromatic heterocycles. The Bertz CT molecular complexity index is 407. The van der Waals surface area contributed by atoms with Crippen LogP contribution in [0.4, 0.5) is 0 Å². The molecule has 0 fully saturated rings. The van der Waals surface area contributed by atoms with Crippen LogP contribution in [-0.4, -0.2) is 24.2 Å². The molecule has 0 heterocycles. The maximum absolute atomic E-state index is 11.3. The summed E-state index contributed by atoms with van der Waals surface area (Å²) in [7, 11) is 0. The van der Waals surface area contributed by atoms with Crippen molar-refractivity contribution in [2.24, 2.45) is 0 Å². The number of halogens is 1. The van der Waals surface area contributed by atoms with Gasteiger partial charge in [0.1, 0.15) is 5.75 Å². The third kappa shape index (κ3) is 4.66. The van der Waals surface area contributed by atoms with Crippen LogP contribution in [0.25, 0.3) is 0 Å². The fourth-order valence-corrected chi connectivity index (χ4v) is 1.90. The van der Waals surface area contributed by atoms with E-state index < -0.39 is 6.10 Å². The SMILES string of the molecule is CCNC(=O)CCOc1ccc(Br)cc1C(C)O. The van der Waals surface area contributed by atoms with Crippen molar-refractivity contribution in [3.8, 4) is 5.75 Å². The first-order chi connectivity index (χ1) is 8.54. The molecule has 2 N–H and O–H groups in total. The lowest BCUT2D eigenvalue weighted by atomic mass is 10.1. The predicted octanol–water partition coefficient (Wildman–Crippen LogP) is 2.41. The molecule has 1 aromatic rings. The van der Waals surface area contributed by atoms with Crippen LogP contribution < -0.4 is 10.1 Å². The number of benzene rings is 1. The smallest absolute Gasteiger partial charge is 0.223 e. The van der Waals surface area contributed by atoms with Crippen molar-refractivity contribution in [2.45, 2.75) is 26.4 Å². The van der Waals surface area contributed by atoms with Gasteiger partial charge in [0.15, 0.2) is 0 Å². The number of ether oxygens (including phenoxy) is 1. The minimum Gasteiger partial charge on any atom is -0.493 e. The Kier molecular flexibility index (Phi) is 6.15. The highest BCUT2D eigenvalue weighted by molar-refractivity contribution is 9.10. The summed E-state index contributed by atoms with van der Waals surface area (Å²) < 4.78 is 6.41. The van der Waals surface area contributed by atoms with Crippen molar-refractivity contribution >= 4 is 21.8 Å². The molecule has 0 bridgehead atoms. The molecule has 5 heteroatoms. The van der Waals surface area contributed by atoms with Gasteiger partial charge in [-0.1, -0.05) is 15.9 Å². The molecule has 1 amide bonds. The average Bonchev–Trinajstić information content (AvgIpc) is 2.31. The van der Waals surface area contributed by atoms with E-state index in [9.17, 15) is 9.90 Å². The van der Waals surface area contributed by atoms with Crippen LogP contribution in [-0.2, 0) is 4.79 Å². The van der Waals surface area contributed by atoms with E-state index in [0.29, 0.717) is 30.9 Å². The van der Waals surface area contributed by atoms with E-state index in [4.69, 9.17) is 4.74 Å². The van der Waals surface area contributed by atoms with Gasteiger partial charge in [-0.05, 0) is 32.0 Å². The topological polar surface area (TPSA) is 58.6 Å². The quantitative estimate of drug-likeness (QED) is 0.847. The molecule has 0 saturated carbocycles. The molecule has 0 radical (unpaired) electrons. The Hall–Kier alpha value is -1.07. The summed E-state index contributed by atoms with van der Waals surface area (Å²) in [6.45, 7) is 4.47. The van der Waals surface area contributed by atoms with Crippen molar-refractivity contribution < 1.29 is 14.6 Å². The highest BCUT2D eigenvalue weighted by Crippen LogP contribution is 2.28. The first-order valence-corrected chi connectivity index (χ1v) is 6.71. The zero-order chi connectivity index (χ0) is 13.5. The molecule has 1 rings (SSSR count). The Morgan fingerprint density at radius 3 is 2.89 bits per heavy atom. The van der Waals surface area contributed by atoms with Crippen LogP contribution in [0.3, 0.4) is 0 Å². The van der Waals surface area contributed by atoms with Crippen LogP contribution >= 0.6 is 15.9 Å². The summed E-state index contributed by atoms with van der Waals surface area (Å²) in [5.74, 6) is 0.575. The summed E-state index contributed by atoms with van der Waals surface area (Å²) in [4.78, 5) is 11.3. The Balaban J connectivity index is 2.59. The van der Waals surface area contributed by atoms with Gasteiger partial charge in [-0.2, -0.15) is 0 Å². The van der Waals surface area contributed by atoms with E-state index in [1.54, 1.807) is 13.0 Å². The average molecular weight is 316 g/mol. The number of hydrogen-bond donors (Lipinski definition) is 2. The van der Waals surface area contributed by atoms with Crippen molar-refractivity contribution in [2.75, 3.05) is 13.2 Å². The molecule has 4 nitrogen and oxygen atoms in total. The minimum absolute atomic E-state index is 0.0341. The maximum atomic E-state index is 11.3. The summed E-state index contributed by atoms with van der Waals surface area (Å²) >= 11 is 3.35. The molecule has 18 heavy (non-hydrogen) atoms. The fourth-order valence-electron chi connectivity index (χ4n) is 1.52. The zero-order valence-corrected chi connectivity index (χ0v) is 12.2. The van der Waals surface area contributed by atoms with Gasteiger partial charge in [-0.25, -0.2) is 0 Å². The lowest BCUT2D eigenvalue weighted by molar-refractivity contribution is -0.121. The third-order valence-electron chi connectivity index (χ3n) is 2.38. The summed E-state index contributed by atoms with van der Waals surface area (Å²) in [6, 6.07) is 5.43. The number of aliphatic hydroxyl groups excluding tert-OH is 1. The van der Waals surface area contributed by atoms with E-state index >= 15 is 0 Å². The van der Waals surface area contributed by atoms with Crippen molar-refractivity contribution in [1.29, 1.82) is 0 Å².